The summed E-state index contributed by atoms with van der Waals surface area (Å²) in [5.74, 6) is 0.0518. The third kappa shape index (κ3) is 3.92. The van der Waals surface area contributed by atoms with E-state index in [9.17, 15) is 13.2 Å². The standard InChI is InChI=1S/C11H16N2O3S2/c1-8-4-5-9(10(12)17)11(14)13(8)6-3-7-18(2,15)16/h4-5H,3,6-7H2,1-2H3,(H2,12,17). The molecule has 7 heteroatoms. The second kappa shape index (κ2) is 5.62. The number of nitrogens with zero attached hydrogens (tertiary/aromatic N) is 1. The SMILES string of the molecule is Cc1ccc(C(N)=S)c(=O)n1CCCS(C)(=O)=O. The molecule has 0 atom stereocenters. The number of rotatable bonds is 5. The predicted molar refractivity (Wildman–Crippen MR) is 75.7 cm³/mol. The molecule has 0 unspecified atom stereocenters. The van der Waals surface area contributed by atoms with E-state index in [0.717, 1.165) is 5.69 Å². The van der Waals surface area contributed by atoms with Gasteiger partial charge in [-0.25, -0.2) is 8.42 Å². The topological polar surface area (TPSA) is 82.2 Å². The summed E-state index contributed by atoms with van der Waals surface area (Å²) in [6.07, 6.45) is 1.56. The number of aromatic nitrogens is 1. The van der Waals surface area contributed by atoms with Crippen molar-refractivity contribution in [2.75, 3.05) is 12.0 Å². The summed E-state index contributed by atoms with van der Waals surface area (Å²) in [6.45, 7) is 2.12. The van der Waals surface area contributed by atoms with Crippen molar-refractivity contribution in [2.24, 2.45) is 5.73 Å². The van der Waals surface area contributed by atoms with Crippen LogP contribution in [-0.2, 0) is 16.4 Å². The molecule has 0 saturated heterocycles. The summed E-state index contributed by atoms with van der Waals surface area (Å²) < 4.78 is 23.6. The van der Waals surface area contributed by atoms with Gasteiger partial charge in [-0.2, -0.15) is 0 Å². The molecule has 0 fully saturated rings. The van der Waals surface area contributed by atoms with Crippen LogP contribution < -0.4 is 11.3 Å². The maximum atomic E-state index is 12.0. The first-order valence-corrected chi connectivity index (χ1v) is 7.87. The van der Waals surface area contributed by atoms with Gasteiger partial charge in [-0.05, 0) is 25.5 Å². The maximum Gasteiger partial charge on any atom is 0.260 e. The van der Waals surface area contributed by atoms with Crippen molar-refractivity contribution < 1.29 is 8.42 Å². The highest BCUT2D eigenvalue weighted by Crippen LogP contribution is 2.01. The minimum absolute atomic E-state index is 0.0518. The lowest BCUT2D eigenvalue weighted by atomic mass is 10.2. The highest BCUT2D eigenvalue weighted by molar-refractivity contribution is 7.90. The summed E-state index contributed by atoms with van der Waals surface area (Å²) in [5, 5.41) is 0. The monoisotopic (exact) mass is 288 g/mol. The number of hydrogen-bond acceptors (Lipinski definition) is 4. The third-order valence-corrected chi connectivity index (χ3v) is 3.80. The number of hydrogen-bond donors (Lipinski definition) is 1. The van der Waals surface area contributed by atoms with E-state index in [1.54, 1.807) is 19.1 Å². The van der Waals surface area contributed by atoms with Gasteiger partial charge in [0.15, 0.2) is 0 Å². The number of nitrogens with two attached hydrogens (primary N) is 1. The molecule has 100 valence electrons. The molecule has 0 spiro atoms. The van der Waals surface area contributed by atoms with Crippen LogP contribution in [0.5, 0.6) is 0 Å². The Balaban J connectivity index is 2.99. The van der Waals surface area contributed by atoms with E-state index in [2.05, 4.69) is 0 Å². The third-order valence-electron chi connectivity index (χ3n) is 2.55. The Kier molecular flexibility index (Phi) is 4.64. The van der Waals surface area contributed by atoms with Crippen molar-refractivity contribution in [2.45, 2.75) is 19.9 Å². The molecule has 1 rings (SSSR count). The fraction of sp³-hybridized carbons (Fsp3) is 0.455. The first-order valence-electron chi connectivity index (χ1n) is 5.40. The molecule has 1 aromatic heterocycles. The first kappa shape index (κ1) is 14.8. The van der Waals surface area contributed by atoms with Crippen LogP contribution in [0.1, 0.15) is 17.7 Å². The molecule has 5 nitrogen and oxygen atoms in total. The summed E-state index contributed by atoms with van der Waals surface area (Å²) in [4.78, 5) is 12.1. The molecule has 0 amide bonds. The van der Waals surface area contributed by atoms with E-state index >= 15 is 0 Å². The lowest BCUT2D eigenvalue weighted by Gasteiger charge is -2.11. The molecule has 0 aromatic carbocycles. The Bertz CT molecular complexity index is 618. The van der Waals surface area contributed by atoms with Gasteiger partial charge in [-0.1, -0.05) is 12.2 Å². The zero-order valence-electron chi connectivity index (χ0n) is 10.3. The molecular formula is C11H16N2O3S2. The second-order valence-corrected chi connectivity index (χ2v) is 6.89. The number of pyridine rings is 1. The van der Waals surface area contributed by atoms with Crippen molar-refractivity contribution in [3.8, 4) is 0 Å². The molecule has 1 aromatic rings. The first-order chi connectivity index (χ1) is 8.22. The quantitative estimate of drug-likeness (QED) is 0.784. The molecule has 18 heavy (non-hydrogen) atoms. The van der Waals surface area contributed by atoms with Gasteiger partial charge >= 0.3 is 0 Å². The van der Waals surface area contributed by atoms with Crippen molar-refractivity contribution in [3.63, 3.8) is 0 Å². The van der Waals surface area contributed by atoms with Crippen LogP contribution in [0.3, 0.4) is 0 Å². The van der Waals surface area contributed by atoms with Crippen molar-refractivity contribution >= 4 is 27.0 Å². The summed E-state index contributed by atoms with van der Waals surface area (Å²) in [7, 11) is -3.01. The van der Waals surface area contributed by atoms with Crippen LogP contribution in [-0.4, -0.2) is 30.0 Å². The maximum absolute atomic E-state index is 12.0. The molecular weight excluding hydrogens is 272 g/mol. The van der Waals surface area contributed by atoms with Gasteiger partial charge in [-0.3, -0.25) is 4.79 Å². The Hall–Kier alpha value is -1.21. The summed E-state index contributed by atoms with van der Waals surface area (Å²) in [6, 6.07) is 3.34. The van der Waals surface area contributed by atoms with Crippen LogP contribution >= 0.6 is 12.2 Å². The van der Waals surface area contributed by atoms with Gasteiger partial charge < -0.3 is 10.3 Å². The highest BCUT2D eigenvalue weighted by Gasteiger charge is 2.09. The average Bonchev–Trinajstić information content (AvgIpc) is 2.20. The molecule has 0 aliphatic heterocycles. The van der Waals surface area contributed by atoms with Crippen molar-refractivity contribution in [3.05, 3.63) is 33.7 Å². The van der Waals surface area contributed by atoms with Crippen molar-refractivity contribution in [1.82, 2.24) is 4.57 Å². The van der Waals surface area contributed by atoms with Crippen LogP contribution in [0.2, 0.25) is 0 Å². The van der Waals surface area contributed by atoms with E-state index in [1.807, 2.05) is 0 Å². The second-order valence-electron chi connectivity index (χ2n) is 4.19. The van der Waals surface area contributed by atoms with Gasteiger partial charge in [0, 0.05) is 18.5 Å². The van der Waals surface area contributed by atoms with Gasteiger partial charge in [0.25, 0.3) is 5.56 Å². The molecule has 0 saturated carbocycles. The van der Waals surface area contributed by atoms with E-state index in [1.165, 1.54) is 10.8 Å². The van der Waals surface area contributed by atoms with E-state index in [0.29, 0.717) is 13.0 Å². The van der Waals surface area contributed by atoms with Crippen LogP contribution in [0.25, 0.3) is 0 Å². The normalized spacial score (nSPS) is 11.4. The Morgan fingerprint density at radius 3 is 2.56 bits per heavy atom. The number of thiocarbonyl (C=S) groups is 1. The minimum atomic E-state index is -3.01. The van der Waals surface area contributed by atoms with Gasteiger partial charge in [-0.15, -0.1) is 0 Å². The summed E-state index contributed by atoms with van der Waals surface area (Å²) >= 11 is 4.79. The minimum Gasteiger partial charge on any atom is -0.389 e. The van der Waals surface area contributed by atoms with Gasteiger partial charge in [0.2, 0.25) is 0 Å². The van der Waals surface area contributed by atoms with Crippen LogP contribution in [0.15, 0.2) is 16.9 Å². The molecule has 1 heterocycles. The zero-order chi connectivity index (χ0) is 13.9. The van der Waals surface area contributed by atoms with Gasteiger partial charge in [0.05, 0.1) is 11.3 Å². The Labute approximate surface area is 112 Å². The van der Waals surface area contributed by atoms with E-state index in [4.69, 9.17) is 18.0 Å². The molecule has 2 N–H and O–H groups in total. The van der Waals surface area contributed by atoms with Crippen LogP contribution in [0, 0.1) is 6.92 Å². The Morgan fingerprint density at radius 1 is 1.44 bits per heavy atom. The highest BCUT2D eigenvalue weighted by atomic mass is 32.2. The van der Waals surface area contributed by atoms with Crippen LogP contribution in [0.4, 0.5) is 0 Å². The van der Waals surface area contributed by atoms with Gasteiger partial charge in [0.1, 0.15) is 14.8 Å². The number of sulfone groups is 1. The van der Waals surface area contributed by atoms with Crippen molar-refractivity contribution in [1.29, 1.82) is 0 Å². The molecule has 0 aliphatic carbocycles. The number of aryl methyl sites for hydroxylation is 1. The molecule has 0 bridgehead atoms. The van der Waals surface area contributed by atoms with E-state index < -0.39 is 9.84 Å². The molecule has 0 aliphatic rings. The lowest BCUT2D eigenvalue weighted by molar-refractivity contribution is 0.586. The zero-order valence-corrected chi connectivity index (χ0v) is 12.0. The average molecular weight is 288 g/mol. The fourth-order valence-corrected chi connectivity index (χ4v) is 2.43. The summed E-state index contributed by atoms with van der Waals surface area (Å²) in [5.41, 5.74) is 6.23. The predicted octanol–water partition coefficient (Wildman–Crippen LogP) is 0.226. The smallest absolute Gasteiger partial charge is 0.260 e. The van der Waals surface area contributed by atoms with E-state index in [-0.39, 0.29) is 21.9 Å². The lowest BCUT2D eigenvalue weighted by Crippen LogP contribution is -2.30. The largest absolute Gasteiger partial charge is 0.389 e. The fourth-order valence-electron chi connectivity index (χ4n) is 1.62. The Morgan fingerprint density at radius 2 is 2.06 bits per heavy atom. The molecule has 0 radical (unpaired) electrons.